The monoisotopic (exact) mass is 431 g/mol. The highest BCUT2D eigenvalue weighted by Crippen LogP contribution is 2.28. The molecular weight excluding hydrogens is 414 g/mol. The van der Waals surface area contributed by atoms with E-state index < -0.39 is 5.91 Å². The van der Waals surface area contributed by atoms with E-state index in [1.807, 2.05) is 48.5 Å². The summed E-state index contributed by atoms with van der Waals surface area (Å²) in [6.07, 6.45) is 5.07. The normalized spacial score (nSPS) is 11.0. The molecule has 31 heavy (non-hydrogen) atoms. The molecule has 2 N–H and O–H groups in total. The number of aromatic hydroxyl groups is 1. The average Bonchev–Trinajstić information content (AvgIpc) is 2.80. The Morgan fingerprint density at radius 2 is 1.94 bits per heavy atom. The molecule has 0 spiro atoms. The van der Waals surface area contributed by atoms with Gasteiger partial charge >= 0.3 is 0 Å². The van der Waals surface area contributed by atoms with Crippen LogP contribution < -0.4 is 10.2 Å². The Hall–Kier alpha value is -3.90. The zero-order valence-corrected chi connectivity index (χ0v) is 17.1. The number of phenols is 1. The number of hydrogen-bond acceptors (Lipinski definition) is 5. The average molecular weight is 432 g/mol. The van der Waals surface area contributed by atoms with E-state index in [9.17, 15) is 9.90 Å². The fourth-order valence-electron chi connectivity index (χ4n) is 3.05. The summed E-state index contributed by atoms with van der Waals surface area (Å²) in [6, 6.07) is 19.6. The van der Waals surface area contributed by atoms with Crippen LogP contribution in [0, 0.1) is 0 Å². The van der Waals surface area contributed by atoms with Gasteiger partial charge in [0.15, 0.2) is 0 Å². The molecule has 0 atom stereocenters. The summed E-state index contributed by atoms with van der Waals surface area (Å²) in [7, 11) is 0. The van der Waals surface area contributed by atoms with Crippen LogP contribution in [0.1, 0.15) is 21.5 Å². The van der Waals surface area contributed by atoms with Crippen LogP contribution in [0.15, 0.2) is 84.2 Å². The van der Waals surface area contributed by atoms with Crippen molar-refractivity contribution in [1.82, 2.24) is 10.4 Å². The van der Waals surface area contributed by atoms with Crippen LogP contribution in [-0.4, -0.2) is 22.2 Å². The van der Waals surface area contributed by atoms with Gasteiger partial charge in [0.1, 0.15) is 18.1 Å². The first-order valence-electron chi connectivity index (χ1n) is 9.47. The van der Waals surface area contributed by atoms with Crippen molar-refractivity contribution >= 4 is 34.5 Å². The number of nitrogens with one attached hydrogen (secondary N) is 1. The van der Waals surface area contributed by atoms with Crippen LogP contribution in [-0.2, 0) is 6.61 Å². The maximum absolute atomic E-state index is 12.2. The van der Waals surface area contributed by atoms with E-state index in [4.69, 9.17) is 16.3 Å². The summed E-state index contributed by atoms with van der Waals surface area (Å²) in [4.78, 5) is 16.3. The van der Waals surface area contributed by atoms with E-state index >= 15 is 0 Å². The molecule has 0 aliphatic rings. The Kier molecular flexibility index (Phi) is 6.10. The third-order valence-electron chi connectivity index (χ3n) is 4.61. The van der Waals surface area contributed by atoms with Crippen molar-refractivity contribution in [2.24, 2.45) is 5.10 Å². The zero-order chi connectivity index (χ0) is 21.6. The largest absolute Gasteiger partial charge is 0.506 e. The lowest BCUT2D eigenvalue weighted by Crippen LogP contribution is -2.17. The van der Waals surface area contributed by atoms with Gasteiger partial charge < -0.3 is 9.84 Å². The Bertz CT molecular complexity index is 1260. The molecule has 0 fully saturated rings. The van der Waals surface area contributed by atoms with Crippen molar-refractivity contribution in [1.29, 1.82) is 0 Å². The fourth-order valence-corrected chi connectivity index (χ4v) is 3.23. The van der Waals surface area contributed by atoms with Gasteiger partial charge in [-0.3, -0.25) is 9.78 Å². The van der Waals surface area contributed by atoms with Gasteiger partial charge in [-0.2, -0.15) is 5.10 Å². The third-order valence-corrected chi connectivity index (χ3v) is 4.92. The highest BCUT2D eigenvalue weighted by molar-refractivity contribution is 6.32. The van der Waals surface area contributed by atoms with Gasteiger partial charge in [-0.1, -0.05) is 41.9 Å². The van der Waals surface area contributed by atoms with Crippen molar-refractivity contribution in [3.63, 3.8) is 0 Å². The van der Waals surface area contributed by atoms with Gasteiger partial charge in [-0.15, -0.1) is 0 Å². The van der Waals surface area contributed by atoms with Crippen LogP contribution in [0.4, 0.5) is 0 Å². The smallest absolute Gasteiger partial charge is 0.271 e. The van der Waals surface area contributed by atoms with Gasteiger partial charge in [-0.05, 0) is 41.8 Å². The van der Waals surface area contributed by atoms with E-state index in [1.54, 1.807) is 18.6 Å². The molecule has 6 nitrogen and oxygen atoms in total. The summed E-state index contributed by atoms with van der Waals surface area (Å²) in [5.74, 6) is 0.234. The van der Waals surface area contributed by atoms with E-state index in [-0.39, 0.29) is 10.8 Å². The quantitative estimate of drug-likeness (QED) is 0.334. The van der Waals surface area contributed by atoms with Gasteiger partial charge in [0.25, 0.3) is 5.91 Å². The number of carbonyl (C=O) groups excluding carboxylic acids is 1. The molecule has 3 aromatic carbocycles. The molecule has 4 aromatic rings. The van der Waals surface area contributed by atoms with Gasteiger partial charge in [0.2, 0.25) is 0 Å². The summed E-state index contributed by atoms with van der Waals surface area (Å²) in [6.45, 7) is 0.413. The number of carbonyl (C=O) groups is 1. The Labute approximate surface area is 183 Å². The van der Waals surface area contributed by atoms with Crippen molar-refractivity contribution in [3.8, 4) is 11.5 Å². The molecule has 4 rings (SSSR count). The van der Waals surface area contributed by atoms with Crippen LogP contribution in [0.5, 0.6) is 11.5 Å². The van der Waals surface area contributed by atoms with Crippen LogP contribution in [0.25, 0.3) is 10.8 Å². The number of benzene rings is 3. The molecule has 0 saturated heterocycles. The zero-order valence-electron chi connectivity index (χ0n) is 16.3. The highest BCUT2D eigenvalue weighted by atomic mass is 35.5. The molecular formula is C24H18ClN3O3. The predicted octanol–water partition coefficient (Wildman–Crippen LogP) is 4.94. The Morgan fingerprint density at radius 1 is 1.10 bits per heavy atom. The maximum atomic E-state index is 12.2. The van der Waals surface area contributed by atoms with Crippen molar-refractivity contribution in [2.75, 3.05) is 0 Å². The van der Waals surface area contributed by atoms with E-state index in [0.29, 0.717) is 12.2 Å². The minimum atomic E-state index is -0.432. The number of nitrogens with zero attached hydrogens (tertiary/aromatic N) is 2. The molecule has 0 aliphatic carbocycles. The number of rotatable bonds is 6. The summed E-state index contributed by atoms with van der Waals surface area (Å²) < 4.78 is 5.99. The summed E-state index contributed by atoms with van der Waals surface area (Å²) in [5.41, 5.74) is 4.58. The molecule has 0 radical (unpaired) electrons. The second-order valence-corrected chi connectivity index (χ2v) is 7.12. The lowest BCUT2D eigenvalue weighted by Gasteiger charge is -2.11. The second-order valence-electron chi connectivity index (χ2n) is 6.71. The standard InChI is InChI=1S/C24H18ClN3O3/c25-21-12-17(7-9-22(21)29)24(30)28-27-14-18-8-10-23(20-6-2-1-5-19(18)20)31-15-16-4-3-11-26-13-16/h1-14,29H,15H2,(H,28,30). The predicted molar refractivity (Wildman–Crippen MR) is 121 cm³/mol. The highest BCUT2D eigenvalue weighted by Gasteiger charge is 2.09. The minimum Gasteiger partial charge on any atom is -0.506 e. The molecule has 7 heteroatoms. The summed E-state index contributed by atoms with van der Waals surface area (Å²) >= 11 is 5.85. The van der Waals surface area contributed by atoms with E-state index in [2.05, 4.69) is 15.5 Å². The number of ether oxygens (including phenoxy) is 1. The first-order valence-corrected chi connectivity index (χ1v) is 9.85. The molecule has 0 bridgehead atoms. The van der Waals surface area contributed by atoms with Crippen molar-refractivity contribution in [3.05, 3.63) is 101 Å². The second kappa shape index (κ2) is 9.28. The molecule has 0 saturated carbocycles. The van der Waals surface area contributed by atoms with E-state index in [1.165, 1.54) is 18.2 Å². The number of hydrazone groups is 1. The van der Waals surface area contributed by atoms with Gasteiger partial charge in [0.05, 0.1) is 11.2 Å². The van der Waals surface area contributed by atoms with Gasteiger partial charge in [-0.25, -0.2) is 5.43 Å². The van der Waals surface area contributed by atoms with Crippen molar-refractivity contribution in [2.45, 2.75) is 6.61 Å². The molecule has 154 valence electrons. The lowest BCUT2D eigenvalue weighted by molar-refractivity contribution is 0.0955. The number of amides is 1. The third kappa shape index (κ3) is 4.82. The molecule has 0 unspecified atom stereocenters. The van der Waals surface area contributed by atoms with Crippen LogP contribution in [0.3, 0.4) is 0 Å². The van der Waals surface area contributed by atoms with Crippen molar-refractivity contribution < 1.29 is 14.6 Å². The topological polar surface area (TPSA) is 83.8 Å². The number of phenolic OH excluding ortho intramolecular Hbond substituents is 1. The van der Waals surface area contributed by atoms with Crippen LogP contribution in [0.2, 0.25) is 5.02 Å². The van der Waals surface area contributed by atoms with Gasteiger partial charge in [0, 0.05) is 34.5 Å². The molecule has 0 aliphatic heterocycles. The number of halogens is 1. The Balaban J connectivity index is 1.51. The number of hydrogen-bond donors (Lipinski definition) is 2. The molecule has 1 aromatic heterocycles. The maximum Gasteiger partial charge on any atom is 0.271 e. The van der Waals surface area contributed by atoms with Crippen LogP contribution >= 0.6 is 11.6 Å². The minimum absolute atomic E-state index is 0.0842. The molecule has 1 heterocycles. The first-order chi connectivity index (χ1) is 15.1. The fraction of sp³-hybridized carbons (Fsp3) is 0.0417. The Morgan fingerprint density at radius 3 is 2.71 bits per heavy atom. The lowest BCUT2D eigenvalue weighted by atomic mass is 10.0. The molecule has 1 amide bonds. The SMILES string of the molecule is O=C(NN=Cc1ccc(OCc2cccnc2)c2ccccc12)c1ccc(O)c(Cl)c1. The number of aromatic nitrogens is 1. The number of fused-ring (bicyclic) bond motifs is 1. The van der Waals surface area contributed by atoms with E-state index in [0.717, 1.165) is 27.6 Å². The number of pyridine rings is 1. The first kappa shape index (κ1) is 20.4. The summed E-state index contributed by atoms with van der Waals surface area (Å²) in [5, 5.41) is 15.5.